The third-order valence-electron chi connectivity index (χ3n) is 2.94. The topological polar surface area (TPSA) is 110 Å². The van der Waals surface area contributed by atoms with Gasteiger partial charge in [-0.05, 0) is 35.7 Å². The highest BCUT2D eigenvalue weighted by atomic mass is 32.1. The highest BCUT2D eigenvalue weighted by Crippen LogP contribution is 2.20. The molecule has 0 bridgehead atoms. The van der Waals surface area contributed by atoms with Crippen LogP contribution in [0.5, 0.6) is 0 Å². The van der Waals surface area contributed by atoms with E-state index < -0.39 is 17.9 Å². The third-order valence-corrected chi connectivity index (χ3v) is 3.85. The molecule has 0 saturated heterocycles. The van der Waals surface area contributed by atoms with Crippen molar-refractivity contribution < 1.29 is 14.7 Å². The fourth-order valence-electron chi connectivity index (χ4n) is 1.54. The predicted octanol–water partition coefficient (Wildman–Crippen LogP) is 0.563. The number of carbonyl (C=O) groups excluding carboxylic acids is 1. The number of aromatic nitrogens is 4. The molecule has 2 N–H and O–H groups in total. The molecule has 0 saturated carbocycles. The van der Waals surface area contributed by atoms with E-state index >= 15 is 0 Å². The van der Waals surface area contributed by atoms with Gasteiger partial charge in [-0.1, -0.05) is 0 Å². The van der Waals surface area contributed by atoms with E-state index in [2.05, 4.69) is 20.8 Å². The molecular formula is C11H13N5O3S. The summed E-state index contributed by atoms with van der Waals surface area (Å²) in [7, 11) is 0. The van der Waals surface area contributed by atoms with Crippen molar-refractivity contribution in [2.45, 2.75) is 19.9 Å². The van der Waals surface area contributed by atoms with Crippen molar-refractivity contribution in [3.63, 3.8) is 0 Å². The number of carboxylic acid groups (broad SMARTS) is 1. The molecule has 0 spiro atoms. The van der Waals surface area contributed by atoms with Crippen LogP contribution in [0.4, 0.5) is 0 Å². The van der Waals surface area contributed by atoms with Gasteiger partial charge in [-0.3, -0.25) is 9.59 Å². The molecule has 2 rings (SSSR count). The monoisotopic (exact) mass is 295 g/mol. The molecule has 2 aromatic heterocycles. The fourth-order valence-corrected chi connectivity index (χ4v) is 2.32. The van der Waals surface area contributed by atoms with Gasteiger partial charge in [0.25, 0.3) is 5.91 Å². The number of amides is 1. The molecule has 9 heteroatoms. The van der Waals surface area contributed by atoms with Crippen molar-refractivity contribution in [1.82, 2.24) is 25.5 Å². The van der Waals surface area contributed by atoms with E-state index in [0.29, 0.717) is 10.6 Å². The zero-order valence-corrected chi connectivity index (χ0v) is 11.7. The molecule has 2 unspecified atom stereocenters. The van der Waals surface area contributed by atoms with E-state index in [0.717, 1.165) is 0 Å². The summed E-state index contributed by atoms with van der Waals surface area (Å²) in [6.07, 6.45) is 1.39. The molecule has 2 heterocycles. The lowest BCUT2D eigenvalue weighted by Crippen LogP contribution is -2.40. The van der Waals surface area contributed by atoms with E-state index in [4.69, 9.17) is 5.11 Å². The fraction of sp³-hybridized carbons (Fsp3) is 0.364. The molecule has 20 heavy (non-hydrogen) atoms. The van der Waals surface area contributed by atoms with E-state index in [1.807, 2.05) is 0 Å². The summed E-state index contributed by atoms with van der Waals surface area (Å²) in [6, 6.07) is 1.24. The summed E-state index contributed by atoms with van der Waals surface area (Å²) in [5.41, 5.74) is 0.563. The van der Waals surface area contributed by atoms with E-state index in [-0.39, 0.29) is 5.91 Å². The largest absolute Gasteiger partial charge is 0.481 e. The maximum atomic E-state index is 12.2. The molecule has 2 atom stereocenters. The molecule has 0 fully saturated rings. The molecule has 0 aliphatic rings. The van der Waals surface area contributed by atoms with E-state index in [9.17, 15) is 9.59 Å². The van der Waals surface area contributed by atoms with Gasteiger partial charge in [-0.2, -0.15) is 4.68 Å². The van der Waals surface area contributed by atoms with Crippen LogP contribution in [0.25, 0.3) is 5.69 Å². The number of rotatable bonds is 5. The van der Waals surface area contributed by atoms with Gasteiger partial charge in [0.2, 0.25) is 0 Å². The van der Waals surface area contributed by atoms with Gasteiger partial charge < -0.3 is 10.4 Å². The zero-order chi connectivity index (χ0) is 14.7. The van der Waals surface area contributed by atoms with Gasteiger partial charge in [0, 0.05) is 6.04 Å². The van der Waals surface area contributed by atoms with Crippen LogP contribution in [0.2, 0.25) is 0 Å². The van der Waals surface area contributed by atoms with Crippen molar-refractivity contribution >= 4 is 23.2 Å². The number of hydrogen-bond acceptors (Lipinski definition) is 6. The molecule has 1 amide bonds. The Hall–Kier alpha value is -2.29. The van der Waals surface area contributed by atoms with Crippen LogP contribution in [-0.2, 0) is 4.79 Å². The van der Waals surface area contributed by atoms with E-state index in [1.165, 1.54) is 22.3 Å². The molecule has 0 aliphatic carbocycles. The van der Waals surface area contributed by atoms with Crippen LogP contribution in [-0.4, -0.2) is 43.2 Å². The standard InChI is InChI=1S/C11H13N5O3S/c1-6(11(18)19)7(2)13-10(17)9-8(3-4-20-9)16-5-12-14-15-16/h3-7H,1-2H3,(H,13,17)(H,18,19). The van der Waals surface area contributed by atoms with Crippen molar-refractivity contribution in [1.29, 1.82) is 0 Å². The number of thiophene rings is 1. The van der Waals surface area contributed by atoms with Gasteiger partial charge in [0.1, 0.15) is 11.2 Å². The maximum absolute atomic E-state index is 12.2. The van der Waals surface area contributed by atoms with Crippen LogP contribution in [0.3, 0.4) is 0 Å². The van der Waals surface area contributed by atoms with Crippen LogP contribution in [0.1, 0.15) is 23.5 Å². The first-order valence-corrected chi connectivity index (χ1v) is 6.73. The Morgan fingerprint density at radius 2 is 2.20 bits per heavy atom. The van der Waals surface area contributed by atoms with Crippen molar-refractivity contribution in [2.24, 2.45) is 5.92 Å². The van der Waals surface area contributed by atoms with Gasteiger partial charge >= 0.3 is 5.97 Å². The summed E-state index contributed by atoms with van der Waals surface area (Å²) in [5.74, 6) is -1.97. The average molecular weight is 295 g/mol. The quantitative estimate of drug-likeness (QED) is 0.834. The Bertz CT molecular complexity index is 609. The number of nitrogens with one attached hydrogen (secondary N) is 1. The summed E-state index contributed by atoms with van der Waals surface area (Å²) < 4.78 is 1.39. The number of hydrogen-bond donors (Lipinski definition) is 2. The number of carbonyl (C=O) groups is 2. The Kier molecular flexibility index (Phi) is 4.08. The first kappa shape index (κ1) is 14.1. The van der Waals surface area contributed by atoms with E-state index in [1.54, 1.807) is 25.3 Å². The Balaban J connectivity index is 2.15. The van der Waals surface area contributed by atoms with Crippen molar-refractivity contribution in [3.8, 4) is 5.69 Å². The molecular weight excluding hydrogens is 282 g/mol. The van der Waals surface area contributed by atoms with Gasteiger partial charge in [0.15, 0.2) is 0 Å². The molecule has 0 radical (unpaired) electrons. The molecule has 2 aromatic rings. The third kappa shape index (κ3) is 2.82. The first-order valence-electron chi connectivity index (χ1n) is 5.85. The lowest BCUT2D eigenvalue weighted by molar-refractivity contribution is -0.141. The normalized spacial score (nSPS) is 13.7. The summed E-state index contributed by atoms with van der Waals surface area (Å²) in [4.78, 5) is 23.5. The molecule has 0 aliphatic heterocycles. The summed E-state index contributed by atoms with van der Waals surface area (Å²) in [6.45, 7) is 3.20. The maximum Gasteiger partial charge on any atom is 0.308 e. The van der Waals surface area contributed by atoms with Gasteiger partial charge in [-0.25, -0.2) is 0 Å². The van der Waals surface area contributed by atoms with Gasteiger partial charge in [0.05, 0.1) is 11.6 Å². The van der Waals surface area contributed by atoms with Crippen LogP contribution >= 0.6 is 11.3 Å². The number of aliphatic carboxylic acids is 1. The second-order valence-corrected chi connectivity index (χ2v) is 5.19. The zero-order valence-electron chi connectivity index (χ0n) is 10.8. The molecule has 0 aromatic carbocycles. The highest BCUT2D eigenvalue weighted by Gasteiger charge is 2.23. The predicted molar refractivity (Wildman–Crippen MR) is 70.8 cm³/mol. The Labute approximate surface area is 118 Å². The summed E-state index contributed by atoms with van der Waals surface area (Å²) in [5, 5.41) is 24.1. The van der Waals surface area contributed by atoms with Crippen LogP contribution in [0.15, 0.2) is 17.8 Å². The number of carboxylic acids is 1. The smallest absolute Gasteiger partial charge is 0.308 e. The summed E-state index contributed by atoms with van der Waals surface area (Å²) >= 11 is 1.24. The average Bonchev–Trinajstić information content (AvgIpc) is 3.07. The first-order chi connectivity index (χ1) is 9.50. The molecule has 106 valence electrons. The SMILES string of the molecule is CC(NC(=O)c1sccc1-n1cnnn1)C(C)C(=O)O. The second kappa shape index (κ2) is 5.78. The number of nitrogens with zero attached hydrogens (tertiary/aromatic N) is 4. The lowest BCUT2D eigenvalue weighted by atomic mass is 10.0. The lowest BCUT2D eigenvalue weighted by Gasteiger charge is -2.17. The minimum absolute atomic E-state index is 0.342. The Morgan fingerprint density at radius 3 is 2.80 bits per heavy atom. The number of tetrazole rings is 1. The minimum Gasteiger partial charge on any atom is -0.481 e. The molecule has 8 nitrogen and oxygen atoms in total. The Morgan fingerprint density at radius 1 is 1.45 bits per heavy atom. The van der Waals surface area contributed by atoms with Crippen LogP contribution in [0, 0.1) is 5.92 Å². The van der Waals surface area contributed by atoms with Crippen LogP contribution < -0.4 is 5.32 Å². The van der Waals surface area contributed by atoms with Gasteiger partial charge in [-0.15, -0.1) is 16.4 Å². The second-order valence-electron chi connectivity index (χ2n) is 4.28. The van der Waals surface area contributed by atoms with Crippen molar-refractivity contribution in [2.75, 3.05) is 0 Å². The highest BCUT2D eigenvalue weighted by molar-refractivity contribution is 7.12. The van der Waals surface area contributed by atoms with Crippen molar-refractivity contribution in [3.05, 3.63) is 22.7 Å². The minimum atomic E-state index is -0.954.